The first-order valence-electron chi connectivity index (χ1n) is 9.61. The highest BCUT2D eigenvalue weighted by molar-refractivity contribution is 6.33. The van der Waals surface area contributed by atoms with Gasteiger partial charge in [0.25, 0.3) is 5.91 Å². The second-order valence-corrected chi connectivity index (χ2v) is 7.65. The van der Waals surface area contributed by atoms with E-state index >= 15 is 0 Å². The minimum Gasteiger partial charge on any atom is -0.472 e. The average Bonchev–Trinajstić information content (AvgIpc) is 3.54. The van der Waals surface area contributed by atoms with E-state index in [4.69, 9.17) is 16.0 Å². The maximum Gasteiger partial charge on any atom is 0.420 e. The molecular weight excluding hydrogens is 447 g/mol. The summed E-state index contributed by atoms with van der Waals surface area (Å²) < 4.78 is 47.4. The summed E-state index contributed by atoms with van der Waals surface area (Å²) in [6.07, 6.45) is 5.11. The van der Waals surface area contributed by atoms with E-state index in [0.29, 0.717) is 18.5 Å². The van der Waals surface area contributed by atoms with Crippen molar-refractivity contribution in [3.8, 4) is 11.1 Å². The number of nitrogens with zero attached hydrogens (tertiary/aromatic N) is 4. The minimum atomic E-state index is -4.69. The second kappa shape index (κ2) is 7.56. The monoisotopic (exact) mass is 461 g/mol. The summed E-state index contributed by atoms with van der Waals surface area (Å²) in [5.74, 6) is -0.531. The SMILES string of the molecule is O=C(c1nc2c(C(F)(F)F)cc(-c3ccoc3)cn2c1Cl)N1CC=C(c2cnc[nH]2)CC1. The fraction of sp³-hybridized carbons (Fsp3) is 0.190. The number of hydrogen-bond donors (Lipinski definition) is 1. The van der Waals surface area contributed by atoms with Crippen LogP contribution in [0.1, 0.15) is 28.2 Å². The lowest BCUT2D eigenvalue weighted by Gasteiger charge is -2.25. The fourth-order valence-electron chi connectivity index (χ4n) is 3.73. The first-order valence-corrected chi connectivity index (χ1v) is 9.99. The van der Waals surface area contributed by atoms with Crippen LogP contribution in [-0.2, 0) is 6.18 Å². The number of pyridine rings is 1. The maximum absolute atomic E-state index is 13.8. The van der Waals surface area contributed by atoms with Crippen molar-refractivity contribution in [2.75, 3.05) is 13.1 Å². The van der Waals surface area contributed by atoms with Crippen LogP contribution >= 0.6 is 11.6 Å². The van der Waals surface area contributed by atoms with Crippen LogP contribution in [0.4, 0.5) is 13.2 Å². The van der Waals surface area contributed by atoms with Crippen molar-refractivity contribution in [1.82, 2.24) is 24.3 Å². The van der Waals surface area contributed by atoms with Gasteiger partial charge in [-0.15, -0.1) is 0 Å². The van der Waals surface area contributed by atoms with E-state index in [9.17, 15) is 18.0 Å². The smallest absolute Gasteiger partial charge is 0.420 e. The lowest BCUT2D eigenvalue weighted by Crippen LogP contribution is -2.35. The zero-order valence-electron chi connectivity index (χ0n) is 16.4. The van der Waals surface area contributed by atoms with Crippen molar-refractivity contribution in [3.05, 3.63) is 71.6 Å². The van der Waals surface area contributed by atoms with Gasteiger partial charge in [0, 0.05) is 30.4 Å². The third kappa shape index (κ3) is 3.46. The van der Waals surface area contributed by atoms with Crippen LogP contribution in [0.3, 0.4) is 0 Å². The number of aromatic amines is 1. The van der Waals surface area contributed by atoms with Crippen molar-refractivity contribution in [3.63, 3.8) is 0 Å². The number of aromatic nitrogens is 4. The molecule has 164 valence electrons. The number of nitrogens with one attached hydrogen (secondary N) is 1. The number of carbonyl (C=O) groups excluding carboxylic acids is 1. The topological polar surface area (TPSA) is 79.4 Å². The molecule has 4 aromatic rings. The Morgan fingerprint density at radius 1 is 1.28 bits per heavy atom. The standard InChI is InChI=1S/C21H15ClF3N5O2/c22-18-17(20(31)29-4-1-12(2-5-29)16-8-26-11-27-16)28-19-15(21(23,24)25)7-14(9-30(18)19)13-3-6-32-10-13/h1,3,6-11H,2,4-5H2,(H,26,27). The van der Waals surface area contributed by atoms with Crippen LogP contribution in [0.5, 0.6) is 0 Å². The fourth-order valence-corrected chi connectivity index (χ4v) is 3.98. The lowest BCUT2D eigenvalue weighted by molar-refractivity contribution is -0.136. The first-order chi connectivity index (χ1) is 15.3. The number of hydrogen-bond acceptors (Lipinski definition) is 4. The summed E-state index contributed by atoms with van der Waals surface area (Å²) in [4.78, 5) is 25.6. The molecule has 7 nitrogen and oxygen atoms in total. The predicted octanol–water partition coefficient (Wildman–Crippen LogP) is 4.92. The largest absolute Gasteiger partial charge is 0.472 e. The van der Waals surface area contributed by atoms with Gasteiger partial charge in [-0.25, -0.2) is 9.97 Å². The summed E-state index contributed by atoms with van der Waals surface area (Å²) in [7, 11) is 0. The number of furan rings is 1. The highest BCUT2D eigenvalue weighted by Crippen LogP contribution is 2.37. The van der Waals surface area contributed by atoms with Crippen LogP contribution in [-0.4, -0.2) is 43.2 Å². The van der Waals surface area contributed by atoms with Gasteiger partial charge in [0.2, 0.25) is 0 Å². The summed E-state index contributed by atoms with van der Waals surface area (Å²) >= 11 is 6.37. The van der Waals surface area contributed by atoms with Crippen LogP contribution < -0.4 is 0 Å². The van der Waals surface area contributed by atoms with Crippen molar-refractivity contribution in [2.24, 2.45) is 0 Å². The highest BCUT2D eigenvalue weighted by atomic mass is 35.5. The van der Waals surface area contributed by atoms with Gasteiger partial charge in [-0.05, 0) is 24.1 Å². The van der Waals surface area contributed by atoms with E-state index in [-0.39, 0.29) is 23.0 Å². The number of halogens is 4. The van der Waals surface area contributed by atoms with E-state index in [1.807, 2.05) is 6.08 Å². The van der Waals surface area contributed by atoms with E-state index < -0.39 is 23.3 Å². The molecule has 32 heavy (non-hydrogen) atoms. The summed E-state index contributed by atoms with van der Waals surface area (Å²) in [5.41, 5.74) is 0.923. The van der Waals surface area contributed by atoms with Gasteiger partial charge in [0.1, 0.15) is 5.15 Å². The third-order valence-electron chi connectivity index (χ3n) is 5.36. The normalized spacial score (nSPS) is 14.8. The Morgan fingerprint density at radius 2 is 2.12 bits per heavy atom. The van der Waals surface area contributed by atoms with E-state index in [1.54, 1.807) is 12.5 Å². The molecule has 0 bridgehead atoms. The number of fused-ring (bicyclic) bond motifs is 1. The van der Waals surface area contributed by atoms with Crippen LogP contribution in [0.15, 0.2) is 53.9 Å². The Bertz CT molecular complexity index is 1320. The molecule has 0 unspecified atom stereocenters. The van der Waals surface area contributed by atoms with Gasteiger partial charge in [0.15, 0.2) is 11.3 Å². The number of amides is 1. The van der Waals surface area contributed by atoms with Gasteiger partial charge in [-0.1, -0.05) is 17.7 Å². The molecule has 11 heteroatoms. The Balaban J connectivity index is 1.54. The van der Waals surface area contributed by atoms with Gasteiger partial charge in [-0.2, -0.15) is 13.2 Å². The Morgan fingerprint density at radius 3 is 2.75 bits per heavy atom. The molecule has 1 N–H and O–H groups in total. The number of alkyl halides is 3. The van der Waals surface area contributed by atoms with Crippen molar-refractivity contribution < 1.29 is 22.4 Å². The molecule has 0 fully saturated rings. The molecule has 1 amide bonds. The molecule has 5 heterocycles. The van der Waals surface area contributed by atoms with Crippen LogP contribution in [0, 0.1) is 0 Å². The molecule has 4 aromatic heterocycles. The first kappa shape index (κ1) is 20.4. The lowest BCUT2D eigenvalue weighted by atomic mass is 10.1. The molecule has 0 atom stereocenters. The molecule has 0 aromatic carbocycles. The highest BCUT2D eigenvalue weighted by Gasteiger charge is 2.36. The Labute approximate surface area is 184 Å². The van der Waals surface area contributed by atoms with Crippen molar-refractivity contribution in [1.29, 1.82) is 0 Å². The Kier molecular flexibility index (Phi) is 4.81. The van der Waals surface area contributed by atoms with Gasteiger partial charge in [0.05, 0.1) is 36.3 Å². The maximum atomic E-state index is 13.8. The summed E-state index contributed by atoms with van der Waals surface area (Å²) in [6.45, 7) is 0.657. The third-order valence-corrected chi connectivity index (χ3v) is 5.73. The number of imidazole rings is 2. The number of carbonyl (C=O) groups is 1. The van der Waals surface area contributed by atoms with Gasteiger partial charge >= 0.3 is 6.18 Å². The van der Waals surface area contributed by atoms with Crippen LogP contribution in [0.25, 0.3) is 22.3 Å². The molecular formula is C21H15ClF3N5O2. The quantitative estimate of drug-likeness (QED) is 0.469. The Hall–Kier alpha value is -3.53. The molecule has 5 rings (SSSR count). The van der Waals surface area contributed by atoms with E-state index in [2.05, 4.69) is 15.0 Å². The van der Waals surface area contributed by atoms with E-state index in [1.165, 1.54) is 29.7 Å². The molecule has 1 aliphatic rings. The molecule has 0 saturated heterocycles. The van der Waals surface area contributed by atoms with Crippen molar-refractivity contribution >= 4 is 28.7 Å². The molecule has 0 spiro atoms. The minimum absolute atomic E-state index is 0.177. The van der Waals surface area contributed by atoms with Gasteiger partial charge in [-0.3, -0.25) is 9.20 Å². The van der Waals surface area contributed by atoms with Crippen molar-refractivity contribution in [2.45, 2.75) is 12.6 Å². The average molecular weight is 462 g/mol. The number of H-pyrrole nitrogens is 1. The summed E-state index contributed by atoms with van der Waals surface area (Å²) in [5, 5.41) is -0.177. The number of rotatable bonds is 3. The zero-order chi connectivity index (χ0) is 22.5. The predicted molar refractivity (Wildman–Crippen MR) is 110 cm³/mol. The zero-order valence-corrected chi connectivity index (χ0v) is 17.1. The molecule has 0 saturated carbocycles. The molecule has 0 radical (unpaired) electrons. The van der Waals surface area contributed by atoms with Gasteiger partial charge < -0.3 is 14.3 Å². The summed E-state index contributed by atoms with van der Waals surface area (Å²) in [6, 6.07) is 2.51. The van der Waals surface area contributed by atoms with E-state index in [0.717, 1.165) is 21.7 Å². The molecule has 1 aliphatic heterocycles. The van der Waals surface area contributed by atoms with Crippen LogP contribution in [0.2, 0.25) is 5.15 Å². The second-order valence-electron chi connectivity index (χ2n) is 7.29. The molecule has 0 aliphatic carbocycles.